The molecule has 0 aromatic heterocycles. The Morgan fingerprint density at radius 1 is 0.947 bits per heavy atom. The van der Waals surface area contributed by atoms with Gasteiger partial charge in [0.2, 0.25) is 0 Å². The molecule has 0 radical (unpaired) electrons. The third kappa shape index (κ3) is 3.05. The molecule has 1 nitrogen and oxygen atoms in total. The summed E-state index contributed by atoms with van der Waals surface area (Å²) in [6.07, 6.45) is 2.46. The van der Waals surface area contributed by atoms with Gasteiger partial charge >= 0.3 is 0 Å². The quantitative estimate of drug-likeness (QED) is 0.872. The lowest BCUT2D eigenvalue weighted by Gasteiger charge is -2.11. The standard InChI is InChI=1S/C18H21N/c1-14-11-18(19-13-14)12-15-7-9-17(10-8-15)16-5-3-2-4-6-16/h2-10,14,18-19H,11-13H2,1H3/t14-,18+/m1/s1. The van der Waals surface area contributed by atoms with E-state index >= 15 is 0 Å². The van der Waals surface area contributed by atoms with Gasteiger partial charge in [0.25, 0.3) is 0 Å². The maximum Gasteiger partial charge on any atom is 0.0111 e. The van der Waals surface area contributed by atoms with Gasteiger partial charge < -0.3 is 5.32 Å². The van der Waals surface area contributed by atoms with E-state index in [1.807, 2.05) is 0 Å². The Labute approximate surface area is 115 Å². The van der Waals surface area contributed by atoms with Crippen molar-refractivity contribution in [3.05, 3.63) is 60.2 Å². The third-order valence-corrected chi connectivity index (χ3v) is 3.99. The first-order valence-corrected chi connectivity index (χ1v) is 7.19. The first-order valence-electron chi connectivity index (χ1n) is 7.19. The van der Waals surface area contributed by atoms with E-state index in [-0.39, 0.29) is 0 Å². The normalized spacial score (nSPS) is 22.6. The molecule has 0 aliphatic carbocycles. The summed E-state index contributed by atoms with van der Waals surface area (Å²) in [5.74, 6) is 0.827. The summed E-state index contributed by atoms with van der Waals surface area (Å²) < 4.78 is 0. The highest BCUT2D eigenvalue weighted by molar-refractivity contribution is 5.63. The molecule has 1 fully saturated rings. The predicted octanol–water partition coefficient (Wildman–Crippen LogP) is 3.89. The van der Waals surface area contributed by atoms with Gasteiger partial charge in [-0.1, -0.05) is 61.5 Å². The number of hydrogen-bond acceptors (Lipinski definition) is 1. The van der Waals surface area contributed by atoms with Gasteiger partial charge in [0, 0.05) is 6.04 Å². The third-order valence-electron chi connectivity index (χ3n) is 3.99. The average molecular weight is 251 g/mol. The molecule has 1 aliphatic rings. The Hall–Kier alpha value is -1.60. The Bertz CT molecular complexity index is 515. The second-order valence-corrected chi connectivity index (χ2v) is 5.71. The molecular formula is C18H21N. The number of nitrogens with one attached hydrogen (secondary N) is 1. The predicted molar refractivity (Wildman–Crippen MR) is 81.2 cm³/mol. The van der Waals surface area contributed by atoms with Crippen LogP contribution in [0.15, 0.2) is 54.6 Å². The van der Waals surface area contributed by atoms with Crippen LogP contribution in [0, 0.1) is 5.92 Å². The Morgan fingerprint density at radius 2 is 1.63 bits per heavy atom. The molecule has 0 spiro atoms. The van der Waals surface area contributed by atoms with E-state index in [1.165, 1.54) is 29.7 Å². The SMILES string of the molecule is C[C@H]1CN[C@H](Cc2ccc(-c3ccccc3)cc2)C1. The fourth-order valence-electron chi connectivity index (χ4n) is 2.92. The molecule has 1 heterocycles. The number of benzene rings is 2. The number of hydrogen-bond donors (Lipinski definition) is 1. The summed E-state index contributed by atoms with van der Waals surface area (Å²) in [4.78, 5) is 0. The molecular weight excluding hydrogens is 230 g/mol. The lowest BCUT2D eigenvalue weighted by Crippen LogP contribution is -2.23. The number of rotatable bonds is 3. The van der Waals surface area contributed by atoms with E-state index in [9.17, 15) is 0 Å². The zero-order valence-electron chi connectivity index (χ0n) is 11.5. The van der Waals surface area contributed by atoms with E-state index in [4.69, 9.17) is 0 Å². The Balaban J connectivity index is 1.69. The lowest BCUT2D eigenvalue weighted by molar-refractivity contribution is 0.581. The van der Waals surface area contributed by atoms with Gasteiger partial charge in [-0.05, 0) is 42.0 Å². The van der Waals surface area contributed by atoms with Gasteiger partial charge in [0.1, 0.15) is 0 Å². The molecule has 2 aromatic carbocycles. The summed E-state index contributed by atoms with van der Waals surface area (Å²) in [5, 5.41) is 3.60. The van der Waals surface area contributed by atoms with Crippen LogP contribution in [-0.2, 0) is 6.42 Å². The van der Waals surface area contributed by atoms with Crippen molar-refractivity contribution in [1.82, 2.24) is 5.32 Å². The largest absolute Gasteiger partial charge is 0.313 e. The molecule has 1 aliphatic heterocycles. The minimum atomic E-state index is 0.664. The van der Waals surface area contributed by atoms with Crippen molar-refractivity contribution in [3.63, 3.8) is 0 Å². The van der Waals surface area contributed by atoms with Crippen LogP contribution in [0.3, 0.4) is 0 Å². The average Bonchev–Trinajstić information content (AvgIpc) is 2.86. The zero-order valence-corrected chi connectivity index (χ0v) is 11.5. The molecule has 1 N–H and O–H groups in total. The molecule has 1 heteroatoms. The van der Waals surface area contributed by atoms with Gasteiger partial charge in [0.05, 0.1) is 0 Å². The van der Waals surface area contributed by atoms with Crippen molar-refractivity contribution in [2.75, 3.05) is 6.54 Å². The van der Waals surface area contributed by atoms with Gasteiger partial charge in [-0.2, -0.15) is 0 Å². The smallest absolute Gasteiger partial charge is 0.0111 e. The molecule has 2 atom stereocenters. The van der Waals surface area contributed by atoms with E-state index in [1.54, 1.807) is 0 Å². The van der Waals surface area contributed by atoms with E-state index in [0.29, 0.717) is 6.04 Å². The molecule has 0 amide bonds. The van der Waals surface area contributed by atoms with Crippen molar-refractivity contribution in [2.45, 2.75) is 25.8 Å². The minimum Gasteiger partial charge on any atom is -0.313 e. The van der Waals surface area contributed by atoms with Crippen molar-refractivity contribution in [1.29, 1.82) is 0 Å². The molecule has 0 saturated carbocycles. The molecule has 98 valence electrons. The molecule has 2 aromatic rings. The second-order valence-electron chi connectivity index (χ2n) is 5.71. The first-order chi connectivity index (χ1) is 9.31. The molecule has 3 rings (SSSR count). The summed E-state index contributed by atoms with van der Waals surface area (Å²) in [5.41, 5.74) is 4.03. The van der Waals surface area contributed by atoms with Gasteiger partial charge in [-0.3, -0.25) is 0 Å². The Kier molecular flexibility index (Phi) is 3.65. The fourth-order valence-corrected chi connectivity index (χ4v) is 2.92. The Morgan fingerprint density at radius 3 is 2.26 bits per heavy atom. The molecule has 0 bridgehead atoms. The van der Waals surface area contributed by atoms with Crippen LogP contribution in [0.4, 0.5) is 0 Å². The van der Waals surface area contributed by atoms with Crippen LogP contribution < -0.4 is 5.32 Å². The summed E-state index contributed by atoms with van der Waals surface area (Å²) in [6, 6.07) is 20.2. The highest BCUT2D eigenvalue weighted by Crippen LogP contribution is 2.21. The topological polar surface area (TPSA) is 12.0 Å². The lowest BCUT2D eigenvalue weighted by atomic mass is 9.98. The van der Waals surface area contributed by atoms with Crippen LogP contribution in [0.2, 0.25) is 0 Å². The molecule has 0 unspecified atom stereocenters. The monoisotopic (exact) mass is 251 g/mol. The van der Waals surface area contributed by atoms with Crippen molar-refractivity contribution in [2.24, 2.45) is 5.92 Å². The van der Waals surface area contributed by atoms with Crippen molar-refractivity contribution >= 4 is 0 Å². The van der Waals surface area contributed by atoms with Crippen LogP contribution >= 0.6 is 0 Å². The van der Waals surface area contributed by atoms with Crippen LogP contribution in [0.25, 0.3) is 11.1 Å². The van der Waals surface area contributed by atoms with E-state index in [0.717, 1.165) is 12.3 Å². The first kappa shape index (κ1) is 12.4. The fraction of sp³-hybridized carbons (Fsp3) is 0.333. The van der Waals surface area contributed by atoms with Crippen molar-refractivity contribution < 1.29 is 0 Å². The molecule has 1 saturated heterocycles. The van der Waals surface area contributed by atoms with Gasteiger partial charge in [-0.25, -0.2) is 0 Å². The minimum absolute atomic E-state index is 0.664. The van der Waals surface area contributed by atoms with Gasteiger partial charge in [0.15, 0.2) is 0 Å². The van der Waals surface area contributed by atoms with Crippen molar-refractivity contribution in [3.8, 4) is 11.1 Å². The summed E-state index contributed by atoms with van der Waals surface area (Å²) >= 11 is 0. The zero-order chi connectivity index (χ0) is 13.1. The van der Waals surface area contributed by atoms with Crippen LogP contribution in [0.5, 0.6) is 0 Å². The van der Waals surface area contributed by atoms with Gasteiger partial charge in [-0.15, -0.1) is 0 Å². The maximum atomic E-state index is 3.60. The summed E-state index contributed by atoms with van der Waals surface area (Å²) in [7, 11) is 0. The molecule has 19 heavy (non-hydrogen) atoms. The van der Waals surface area contributed by atoms with E-state index < -0.39 is 0 Å². The van der Waals surface area contributed by atoms with E-state index in [2.05, 4.69) is 66.8 Å². The summed E-state index contributed by atoms with van der Waals surface area (Å²) in [6.45, 7) is 3.50. The van der Waals surface area contributed by atoms with Crippen LogP contribution in [-0.4, -0.2) is 12.6 Å². The van der Waals surface area contributed by atoms with Crippen LogP contribution in [0.1, 0.15) is 18.9 Å². The second kappa shape index (κ2) is 5.58. The maximum absolute atomic E-state index is 3.60. The highest BCUT2D eigenvalue weighted by Gasteiger charge is 2.20. The highest BCUT2D eigenvalue weighted by atomic mass is 14.9.